The largest absolute Gasteiger partial charge is 0.373 e. The van der Waals surface area contributed by atoms with Gasteiger partial charge in [0.25, 0.3) is 0 Å². The smallest absolute Gasteiger partial charge is 0.132 e. The molecule has 0 fully saturated rings. The van der Waals surface area contributed by atoms with Crippen LogP contribution >= 0.6 is 11.3 Å². The highest BCUT2D eigenvalue weighted by atomic mass is 32.1. The van der Waals surface area contributed by atoms with Gasteiger partial charge in [0.15, 0.2) is 0 Å². The van der Waals surface area contributed by atoms with Gasteiger partial charge in [0.05, 0.1) is 10.6 Å². The van der Waals surface area contributed by atoms with Crippen LogP contribution < -0.4 is 5.32 Å². The predicted octanol–water partition coefficient (Wildman–Crippen LogP) is 2.56. The summed E-state index contributed by atoms with van der Waals surface area (Å²) in [5, 5.41) is 5.10. The minimum absolute atomic E-state index is 0.892. The van der Waals surface area contributed by atoms with E-state index in [-0.39, 0.29) is 0 Å². The van der Waals surface area contributed by atoms with E-state index in [4.69, 9.17) is 0 Å². The number of nitrogens with one attached hydrogen (secondary N) is 1. The number of nitrogens with zero attached hydrogens (tertiary/aromatic N) is 2. The maximum Gasteiger partial charge on any atom is 0.132 e. The van der Waals surface area contributed by atoms with Crippen molar-refractivity contribution in [2.45, 2.75) is 6.92 Å². The van der Waals surface area contributed by atoms with Crippen LogP contribution in [0.15, 0.2) is 23.8 Å². The zero-order valence-corrected chi connectivity index (χ0v) is 8.93. The number of anilines is 1. The van der Waals surface area contributed by atoms with Crippen LogP contribution in [0.2, 0.25) is 0 Å². The van der Waals surface area contributed by atoms with Gasteiger partial charge in [0.1, 0.15) is 12.1 Å². The summed E-state index contributed by atoms with van der Waals surface area (Å²) in [5.41, 5.74) is 2.11. The van der Waals surface area contributed by atoms with Crippen molar-refractivity contribution >= 4 is 17.2 Å². The second-order valence-corrected chi connectivity index (χ2v) is 3.87. The monoisotopic (exact) mass is 205 g/mol. The van der Waals surface area contributed by atoms with Crippen LogP contribution in [0.1, 0.15) is 5.56 Å². The van der Waals surface area contributed by atoms with Gasteiger partial charge in [-0.05, 0) is 18.4 Å². The van der Waals surface area contributed by atoms with Crippen LogP contribution in [0.4, 0.5) is 5.82 Å². The molecular formula is C10H11N3S. The molecule has 3 nitrogen and oxygen atoms in total. The van der Waals surface area contributed by atoms with E-state index in [1.165, 1.54) is 4.88 Å². The average Bonchev–Trinajstić information content (AvgIpc) is 2.71. The van der Waals surface area contributed by atoms with Gasteiger partial charge in [0.2, 0.25) is 0 Å². The number of aromatic nitrogens is 2. The first kappa shape index (κ1) is 9.15. The van der Waals surface area contributed by atoms with Crippen molar-refractivity contribution in [3.8, 4) is 10.6 Å². The van der Waals surface area contributed by atoms with Gasteiger partial charge in [-0.3, -0.25) is 0 Å². The van der Waals surface area contributed by atoms with E-state index >= 15 is 0 Å². The molecule has 0 unspecified atom stereocenters. The molecule has 0 aliphatic heterocycles. The molecule has 1 N–H and O–H groups in total. The molecule has 0 saturated carbocycles. The lowest BCUT2D eigenvalue weighted by Crippen LogP contribution is -1.98. The van der Waals surface area contributed by atoms with Crippen LogP contribution in [0, 0.1) is 6.92 Å². The van der Waals surface area contributed by atoms with E-state index in [0.717, 1.165) is 17.1 Å². The molecule has 2 rings (SSSR count). The van der Waals surface area contributed by atoms with Crippen molar-refractivity contribution < 1.29 is 0 Å². The van der Waals surface area contributed by atoms with E-state index in [1.807, 2.05) is 20.0 Å². The highest BCUT2D eigenvalue weighted by Gasteiger charge is 2.07. The molecule has 0 amide bonds. The second-order valence-electron chi connectivity index (χ2n) is 2.92. The number of thiophene rings is 1. The normalized spacial score (nSPS) is 10.1. The molecule has 0 aliphatic carbocycles. The first-order valence-electron chi connectivity index (χ1n) is 4.36. The minimum Gasteiger partial charge on any atom is -0.373 e. The molecule has 0 spiro atoms. The second kappa shape index (κ2) is 3.75. The van der Waals surface area contributed by atoms with Gasteiger partial charge >= 0.3 is 0 Å². The van der Waals surface area contributed by atoms with E-state index < -0.39 is 0 Å². The van der Waals surface area contributed by atoms with E-state index in [9.17, 15) is 0 Å². The Morgan fingerprint density at radius 3 is 2.86 bits per heavy atom. The Morgan fingerprint density at radius 2 is 2.21 bits per heavy atom. The molecule has 72 valence electrons. The Bertz CT molecular complexity index is 423. The Balaban J connectivity index is 2.54. The zero-order chi connectivity index (χ0) is 9.97. The summed E-state index contributed by atoms with van der Waals surface area (Å²) in [5.74, 6) is 0.892. The molecule has 14 heavy (non-hydrogen) atoms. The fourth-order valence-electron chi connectivity index (χ4n) is 1.36. The van der Waals surface area contributed by atoms with Gasteiger partial charge in [0, 0.05) is 12.6 Å². The van der Waals surface area contributed by atoms with Crippen molar-refractivity contribution in [3.05, 3.63) is 29.4 Å². The fraction of sp³-hybridized carbons (Fsp3) is 0.200. The third-order valence-electron chi connectivity index (χ3n) is 2.08. The van der Waals surface area contributed by atoms with Crippen LogP contribution in [-0.2, 0) is 0 Å². The standard InChI is InChI=1S/C10H11N3S/c1-7-9(8-4-3-5-14-8)12-6-13-10(7)11-2/h3-6H,1-2H3,(H,11,12,13). The molecule has 0 radical (unpaired) electrons. The van der Waals surface area contributed by atoms with Crippen molar-refractivity contribution in [2.75, 3.05) is 12.4 Å². The predicted molar refractivity (Wildman–Crippen MR) is 59.6 cm³/mol. The molecule has 0 bridgehead atoms. The lowest BCUT2D eigenvalue weighted by atomic mass is 10.2. The lowest BCUT2D eigenvalue weighted by Gasteiger charge is -2.06. The van der Waals surface area contributed by atoms with Gasteiger partial charge in [-0.2, -0.15) is 0 Å². The first-order valence-corrected chi connectivity index (χ1v) is 5.24. The number of hydrogen-bond donors (Lipinski definition) is 1. The van der Waals surface area contributed by atoms with E-state index in [1.54, 1.807) is 17.7 Å². The summed E-state index contributed by atoms with van der Waals surface area (Å²) in [7, 11) is 1.87. The molecule has 2 aromatic heterocycles. The van der Waals surface area contributed by atoms with Gasteiger partial charge < -0.3 is 5.32 Å². The highest BCUT2D eigenvalue weighted by molar-refractivity contribution is 7.13. The molecular weight excluding hydrogens is 194 g/mol. The number of rotatable bonds is 2. The SMILES string of the molecule is CNc1ncnc(-c2cccs2)c1C. The number of hydrogen-bond acceptors (Lipinski definition) is 4. The minimum atomic E-state index is 0.892. The molecule has 0 aromatic carbocycles. The Morgan fingerprint density at radius 1 is 1.36 bits per heavy atom. The molecule has 4 heteroatoms. The van der Waals surface area contributed by atoms with Crippen molar-refractivity contribution in [1.82, 2.24) is 9.97 Å². The van der Waals surface area contributed by atoms with Crippen LogP contribution in [0.5, 0.6) is 0 Å². The van der Waals surface area contributed by atoms with Crippen LogP contribution in [0.3, 0.4) is 0 Å². The maximum absolute atomic E-state index is 4.29. The first-order chi connectivity index (χ1) is 6.83. The summed E-state index contributed by atoms with van der Waals surface area (Å²) >= 11 is 1.69. The third-order valence-corrected chi connectivity index (χ3v) is 2.95. The van der Waals surface area contributed by atoms with Crippen molar-refractivity contribution in [3.63, 3.8) is 0 Å². The summed E-state index contributed by atoms with van der Waals surface area (Å²) in [6, 6.07) is 4.10. The molecule has 2 heterocycles. The molecule has 0 atom stereocenters. The van der Waals surface area contributed by atoms with Crippen LogP contribution in [-0.4, -0.2) is 17.0 Å². The Labute approximate surface area is 86.8 Å². The summed E-state index contributed by atoms with van der Waals surface area (Å²) in [6.45, 7) is 2.03. The molecule has 0 aliphatic rings. The quantitative estimate of drug-likeness (QED) is 0.818. The summed E-state index contributed by atoms with van der Waals surface area (Å²) < 4.78 is 0. The lowest BCUT2D eigenvalue weighted by molar-refractivity contribution is 1.13. The summed E-state index contributed by atoms with van der Waals surface area (Å²) in [4.78, 5) is 9.62. The maximum atomic E-state index is 4.29. The summed E-state index contributed by atoms with van der Waals surface area (Å²) in [6.07, 6.45) is 1.59. The Kier molecular flexibility index (Phi) is 2.45. The average molecular weight is 205 g/mol. The third kappa shape index (κ3) is 1.48. The highest BCUT2D eigenvalue weighted by Crippen LogP contribution is 2.27. The van der Waals surface area contributed by atoms with E-state index in [0.29, 0.717) is 0 Å². The topological polar surface area (TPSA) is 37.8 Å². The molecule has 2 aromatic rings. The van der Waals surface area contributed by atoms with Crippen LogP contribution in [0.25, 0.3) is 10.6 Å². The Hall–Kier alpha value is -1.42. The van der Waals surface area contributed by atoms with Gasteiger partial charge in [-0.25, -0.2) is 9.97 Å². The van der Waals surface area contributed by atoms with Crippen molar-refractivity contribution in [1.29, 1.82) is 0 Å². The fourth-order valence-corrected chi connectivity index (χ4v) is 2.14. The zero-order valence-electron chi connectivity index (χ0n) is 8.11. The van der Waals surface area contributed by atoms with Gasteiger partial charge in [-0.1, -0.05) is 6.07 Å². The van der Waals surface area contributed by atoms with Crippen molar-refractivity contribution in [2.24, 2.45) is 0 Å². The van der Waals surface area contributed by atoms with Gasteiger partial charge in [-0.15, -0.1) is 11.3 Å². The van der Waals surface area contributed by atoms with E-state index in [2.05, 4.69) is 26.7 Å². The molecule has 0 saturated heterocycles.